The van der Waals surface area contributed by atoms with Crippen LogP contribution in [0.3, 0.4) is 0 Å². The molecule has 0 aliphatic carbocycles. The van der Waals surface area contributed by atoms with Crippen molar-refractivity contribution in [2.45, 2.75) is 54.7 Å². The van der Waals surface area contributed by atoms with Crippen LogP contribution >= 0.6 is 0 Å². The zero-order valence-electron chi connectivity index (χ0n) is 15.7. The molecule has 0 amide bonds. The number of hydrogen-bond acceptors (Lipinski definition) is 9. The fraction of sp³-hybridized carbons (Fsp3) is 0.600. The molecule has 9 nitrogen and oxygen atoms in total. The average molecular weight is 399 g/mol. The van der Waals surface area contributed by atoms with Crippen molar-refractivity contribution < 1.29 is 29.2 Å². The van der Waals surface area contributed by atoms with Crippen molar-refractivity contribution in [1.29, 1.82) is 0 Å². The van der Waals surface area contributed by atoms with Gasteiger partial charge in [0.1, 0.15) is 0 Å². The van der Waals surface area contributed by atoms with Crippen molar-refractivity contribution >= 4 is 7.32 Å². The van der Waals surface area contributed by atoms with E-state index in [0.29, 0.717) is 0 Å². The van der Waals surface area contributed by atoms with Crippen LogP contribution in [0.1, 0.15) is 41.5 Å². The smallest absolute Gasteiger partial charge is 0.402 e. The first-order valence-corrected chi connectivity index (χ1v) is 9.97. The molecule has 3 unspecified atom stereocenters. The van der Waals surface area contributed by atoms with Crippen molar-refractivity contribution in [3.63, 3.8) is 0 Å². The van der Waals surface area contributed by atoms with Gasteiger partial charge in [-0.05, 0) is 0 Å². The van der Waals surface area contributed by atoms with Gasteiger partial charge in [0.25, 0.3) is 0 Å². The van der Waals surface area contributed by atoms with Crippen molar-refractivity contribution in [3.8, 4) is 0 Å². The zero-order valence-corrected chi connectivity index (χ0v) is 17.0. The summed E-state index contributed by atoms with van der Waals surface area (Å²) in [7, 11) is -2.17. The van der Waals surface area contributed by atoms with Crippen LogP contribution < -0.4 is 0 Å². The molecule has 0 saturated carbocycles. The third-order valence-electron chi connectivity index (χ3n) is 3.89. The van der Waals surface area contributed by atoms with E-state index >= 15 is 0 Å². The number of hydrogen-bond donors (Lipinski definition) is 3. The molecule has 3 aliphatic rings. The maximum atomic E-state index is 7.17. The molecule has 26 heavy (non-hydrogen) atoms. The fourth-order valence-electron chi connectivity index (χ4n) is 3.42. The monoisotopic (exact) mass is 399 g/mol. The van der Waals surface area contributed by atoms with Crippen LogP contribution in [0.5, 0.6) is 0 Å². The molecule has 0 spiro atoms. The van der Waals surface area contributed by atoms with E-state index in [0.717, 1.165) is 17.1 Å². The minimum absolute atomic E-state index is 0.367. The van der Waals surface area contributed by atoms with E-state index < -0.39 is 21.5 Å². The largest absolute Gasteiger partial charge is 0.631 e. The molecule has 0 radical (unpaired) electrons. The molecule has 3 rings (SSSR count). The summed E-state index contributed by atoms with van der Waals surface area (Å²) in [6.07, 6.45) is 6.46. The normalized spacial score (nSPS) is 34.6. The molecule has 3 atom stereocenters. The summed E-state index contributed by atoms with van der Waals surface area (Å²) in [5, 5.41) is 48.2. The number of rotatable bonds is 3. The molecule has 3 heterocycles. The van der Waals surface area contributed by atoms with E-state index in [1.54, 1.807) is 0 Å². The Morgan fingerprint density at radius 1 is 0.692 bits per heavy atom. The van der Waals surface area contributed by atoms with E-state index in [1.807, 2.05) is 20.8 Å². The van der Waals surface area contributed by atoms with Crippen molar-refractivity contribution in [1.82, 2.24) is 0 Å². The van der Waals surface area contributed by atoms with Crippen LogP contribution in [-0.4, -0.2) is 35.6 Å². The Hall–Kier alpha value is -1.50. The molecule has 0 saturated heterocycles. The van der Waals surface area contributed by atoms with Gasteiger partial charge in [0, 0.05) is 0 Å². The SMILES string of the molecule is CC1=C[C](C)([Cr]([C]2(C)C=C(C)N=N2)[C]2(C)C=C(C)N=N2)N=N1.OB(O)O. The quantitative estimate of drug-likeness (QED) is 0.630. The predicted molar refractivity (Wildman–Crippen MR) is 93.5 cm³/mol. The van der Waals surface area contributed by atoms with Crippen molar-refractivity contribution in [3.05, 3.63) is 35.3 Å². The van der Waals surface area contributed by atoms with Gasteiger partial charge in [-0.1, -0.05) is 0 Å². The van der Waals surface area contributed by atoms with Gasteiger partial charge in [-0.2, -0.15) is 0 Å². The number of azo groups is 3. The minimum atomic E-state index is -2.17. The van der Waals surface area contributed by atoms with Gasteiger partial charge in [0.2, 0.25) is 0 Å². The molecule has 3 aliphatic heterocycles. The summed E-state index contributed by atoms with van der Waals surface area (Å²) in [5.74, 6) is 0. The van der Waals surface area contributed by atoms with Crippen LogP contribution in [0.4, 0.5) is 0 Å². The van der Waals surface area contributed by atoms with Crippen molar-refractivity contribution in [2.24, 2.45) is 30.7 Å². The average Bonchev–Trinajstić information content (AvgIpc) is 3.10. The Morgan fingerprint density at radius 3 is 1.08 bits per heavy atom. The Morgan fingerprint density at radius 2 is 0.923 bits per heavy atom. The summed E-state index contributed by atoms with van der Waals surface area (Å²) < 4.78 is -1.10. The predicted octanol–water partition coefficient (Wildman–Crippen LogP) is 2.81. The number of allylic oxidation sites excluding steroid dienone is 3. The van der Waals surface area contributed by atoms with Gasteiger partial charge >= 0.3 is 142 Å². The minimum Gasteiger partial charge on any atom is -0.402 e. The Kier molecular flexibility index (Phi) is 5.80. The molecule has 0 bridgehead atoms. The van der Waals surface area contributed by atoms with Gasteiger partial charge in [0.15, 0.2) is 0 Å². The van der Waals surface area contributed by atoms with Gasteiger partial charge in [-0.15, -0.1) is 0 Å². The van der Waals surface area contributed by atoms with Crippen LogP contribution in [0.2, 0.25) is 0 Å². The van der Waals surface area contributed by atoms with E-state index in [9.17, 15) is 0 Å². The molecule has 141 valence electrons. The summed E-state index contributed by atoms with van der Waals surface area (Å²) in [6.45, 7) is 12.4. The summed E-state index contributed by atoms with van der Waals surface area (Å²) >= 11 is -1.68. The van der Waals surface area contributed by atoms with E-state index in [2.05, 4.69) is 69.7 Å². The van der Waals surface area contributed by atoms with Crippen LogP contribution in [0, 0.1) is 0 Å². The molecule has 0 aromatic heterocycles. The zero-order chi connectivity index (χ0) is 19.8. The molecular formula is C15H24BCrN6O3. The second-order valence-electron chi connectivity index (χ2n) is 6.77. The van der Waals surface area contributed by atoms with Crippen LogP contribution in [0.25, 0.3) is 0 Å². The molecular weight excluding hydrogens is 375 g/mol. The third kappa shape index (κ3) is 4.24. The summed E-state index contributed by atoms with van der Waals surface area (Å²) in [5.41, 5.74) is 2.86. The first kappa shape index (κ1) is 20.8. The molecule has 11 heteroatoms. The third-order valence-corrected chi connectivity index (χ3v) is 8.70. The van der Waals surface area contributed by atoms with Gasteiger partial charge < -0.3 is 15.1 Å². The van der Waals surface area contributed by atoms with E-state index in [4.69, 9.17) is 15.1 Å². The van der Waals surface area contributed by atoms with Gasteiger partial charge in [-0.3, -0.25) is 0 Å². The molecule has 0 fully saturated rings. The number of nitrogens with zero attached hydrogens (tertiary/aromatic N) is 6. The first-order valence-electron chi connectivity index (χ1n) is 8.06. The van der Waals surface area contributed by atoms with Crippen LogP contribution in [-0.2, 0) is 14.1 Å². The maximum absolute atomic E-state index is 7.17. The standard InChI is InChI=1S/3C5H7N2.BH3O3.Cr/c3*1-4-3-5(2)7-6-4;2-1(3)4;/h3*3H,1-2H3;2-4H;. The summed E-state index contributed by atoms with van der Waals surface area (Å²) in [6, 6.07) is 0. The van der Waals surface area contributed by atoms with Gasteiger partial charge in [0.05, 0.1) is 0 Å². The van der Waals surface area contributed by atoms with Gasteiger partial charge in [-0.25, -0.2) is 0 Å². The molecule has 0 aromatic rings. The first-order chi connectivity index (χ1) is 11.9. The second kappa shape index (κ2) is 7.25. The molecule has 3 N–H and O–H groups in total. The van der Waals surface area contributed by atoms with E-state index in [-0.39, 0.29) is 13.2 Å². The maximum Gasteiger partial charge on any atom is 0.631 e. The topological polar surface area (TPSA) is 135 Å². The Balaban J connectivity index is 0.000000552. The van der Waals surface area contributed by atoms with E-state index in [1.165, 1.54) is 0 Å². The Bertz CT molecular complexity index is 667. The summed E-state index contributed by atoms with van der Waals surface area (Å²) in [4.78, 5) is 0. The second-order valence-corrected chi connectivity index (χ2v) is 11.6. The fourth-order valence-corrected chi connectivity index (χ4v) is 9.27. The Labute approximate surface area is 157 Å². The molecule has 0 aromatic carbocycles. The van der Waals surface area contributed by atoms with Crippen LogP contribution in [0.15, 0.2) is 66.0 Å². The van der Waals surface area contributed by atoms with Crippen molar-refractivity contribution in [2.75, 3.05) is 0 Å².